The molecule has 6 heteroatoms. The summed E-state index contributed by atoms with van der Waals surface area (Å²) in [5.41, 5.74) is 2.13. The molecule has 0 aliphatic carbocycles. The second-order valence-corrected chi connectivity index (χ2v) is 6.78. The van der Waals surface area contributed by atoms with Crippen molar-refractivity contribution >= 4 is 5.91 Å². The van der Waals surface area contributed by atoms with Crippen LogP contribution in [0.4, 0.5) is 0 Å². The minimum Gasteiger partial charge on any atom is -0.494 e. The maximum Gasteiger partial charge on any atom is 0.267 e. The summed E-state index contributed by atoms with van der Waals surface area (Å²) in [4.78, 5) is 25.1. The van der Waals surface area contributed by atoms with E-state index >= 15 is 0 Å². The quantitative estimate of drug-likeness (QED) is 0.666. The number of amides is 1. The Morgan fingerprint density at radius 2 is 1.72 bits per heavy atom. The van der Waals surface area contributed by atoms with E-state index in [-0.39, 0.29) is 17.5 Å². The van der Waals surface area contributed by atoms with Crippen LogP contribution in [0.15, 0.2) is 71.5 Å². The van der Waals surface area contributed by atoms with Crippen LogP contribution in [-0.2, 0) is 4.79 Å². The van der Waals surface area contributed by atoms with Crippen LogP contribution in [-0.4, -0.2) is 22.3 Å². The van der Waals surface area contributed by atoms with Crippen LogP contribution in [0.3, 0.4) is 0 Å². The van der Waals surface area contributed by atoms with Crippen LogP contribution in [0.2, 0.25) is 0 Å². The Hall–Kier alpha value is -3.41. The number of nitrogens with one attached hydrogen (secondary N) is 1. The molecule has 0 spiro atoms. The third kappa shape index (κ3) is 4.90. The highest BCUT2D eigenvalue weighted by Gasteiger charge is 2.20. The second-order valence-electron chi connectivity index (χ2n) is 6.78. The zero-order chi connectivity index (χ0) is 20.8. The van der Waals surface area contributed by atoms with Gasteiger partial charge >= 0.3 is 0 Å². The Labute approximate surface area is 170 Å². The predicted molar refractivity (Wildman–Crippen MR) is 113 cm³/mol. The first-order valence-electron chi connectivity index (χ1n) is 9.68. The van der Waals surface area contributed by atoms with E-state index in [2.05, 4.69) is 10.4 Å². The third-order valence-corrected chi connectivity index (χ3v) is 4.69. The normalized spacial score (nSPS) is 12.8. The smallest absolute Gasteiger partial charge is 0.267 e. The van der Waals surface area contributed by atoms with Gasteiger partial charge in [0.25, 0.3) is 5.56 Å². The summed E-state index contributed by atoms with van der Waals surface area (Å²) >= 11 is 0. The first-order valence-corrected chi connectivity index (χ1v) is 9.68. The van der Waals surface area contributed by atoms with Crippen molar-refractivity contribution in [3.63, 3.8) is 0 Å². The number of hydrogen-bond acceptors (Lipinski definition) is 4. The fourth-order valence-electron chi connectivity index (χ4n) is 3.02. The molecule has 29 heavy (non-hydrogen) atoms. The number of hydrogen-bond donors (Lipinski definition) is 1. The summed E-state index contributed by atoms with van der Waals surface area (Å²) < 4.78 is 6.68. The molecule has 0 radical (unpaired) electrons. The molecular formula is C23H25N3O3. The molecule has 2 unspecified atom stereocenters. The lowest BCUT2D eigenvalue weighted by Gasteiger charge is -2.19. The number of carbonyl (C=O) groups excluding carboxylic acids is 1. The average Bonchev–Trinajstić information content (AvgIpc) is 2.75. The summed E-state index contributed by atoms with van der Waals surface area (Å²) in [6.07, 6.45) is 0. The summed E-state index contributed by atoms with van der Waals surface area (Å²) in [7, 11) is 0. The molecule has 0 fully saturated rings. The topological polar surface area (TPSA) is 73.2 Å². The molecule has 0 aliphatic rings. The predicted octanol–water partition coefficient (Wildman–Crippen LogP) is 3.75. The van der Waals surface area contributed by atoms with Gasteiger partial charge in [0, 0.05) is 11.6 Å². The van der Waals surface area contributed by atoms with Crippen LogP contribution in [0.5, 0.6) is 5.75 Å². The highest BCUT2D eigenvalue weighted by atomic mass is 16.5. The van der Waals surface area contributed by atoms with Crippen LogP contribution in [0.1, 0.15) is 38.4 Å². The Kier molecular flexibility index (Phi) is 6.44. The number of aromatic nitrogens is 2. The van der Waals surface area contributed by atoms with Crippen LogP contribution >= 0.6 is 0 Å². The first kappa shape index (κ1) is 20.3. The summed E-state index contributed by atoms with van der Waals surface area (Å²) in [5, 5.41) is 7.37. The van der Waals surface area contributed by atoms with Crippen LogP contribution in [0.25, 0.3) is 11.3 Å². The van der Waals surface area contributed by atoms with Gasteiger partial charge in [-0.15, -0.1) is 0 Å². The van der Waals surface area contributed by atoms with Crippen LogP contribution < -0.4 is 15.6 Å². The Morgan fingerprint density at radius 1 is 1.03 bits per heavy atom. The zero-order valence-corrected chi connectivity index (χ0v) is 16.8. The maximum atomic E-state index is 12.7. The Balaban J connectivity index is 1.79. The van der Waals surface area contributed by atoms with Crippen molar-refractivity contribution in [2.45, 2.75) is 32.9 Å². The molecule has 2 atom stereocenters. The number of carbonyl (C=O) groups is 1. The summed E-state index contributed by atoms with van der Waals surface area (Å²) in [6, 6.07) is 19.3. The van der Waals surface area contributed by atoms with E-state index in [1.807, 2.05) is 68.4 Å². The standard InChI is InChI=1S/C23H25N3O3/c1-4-29-20-12-10-19(11-13-20)21-14-15-22(27)26(25-21)17(3)23(28)24-16(2)18-8-6-5-7-9-18/h5-17H,4H2,1-3H3,(H,24,28). The van der Waals surface area contributed by atoms with E-state index in [0.29, 0.717) is 12.3 Å². The van der Waals surface area contributed by atoms with E-state index in [9.17, 15) is 9.59 Å². The molecular weight excluding hydrogens is 366 g/mol. The van der Waals surface area contributed by atoms with Crippen molar-refractivity contribution in [2.75, 3.05) is 6.61 Å². The van der Waals surface area contributed by atoms with Crippen molar-refractivity contribution in [1.29, 1.82) is 0 Å². The van der Waals surface area contributed by atoms with Gasteiger partial charge in [0.1, 0.15) is 11.8 Å². The molecule has 1 N–H and O–H groups in total. The zero-order valence-electron chi connectivity index (χ0n) is 16.8. The molecule has 3 aromatic rings. The minimum atomic E-state index is -0.740. The highest BCUT2D eigenvalue weighted by Crippen LogP contribution is 2.20. The molecule has 0 saturated carbocycles. The van der Waals surface area contributed by atoms with Crippen molar-refractivity contribution in [3.05, 3.63) is 82.6 Å². The van der Waals surface area contributed by atoms with Gasteiger partial charge in [0.05, 0.1) is 18.3 Å². The molecule has 3 rings (SSSR count). The fourth-order valence-corrected chi connectivity index (χ4v) is 3.02. The first-order chi connectivity index (χ1) is 14.0. The van der Waals surface area contributed by atoms with E-state index in [0.717, 1.165) is 16.9 Å². The van der Waals surface area contributed by atoms with E-state index in [4.69, 9.17) is 4.74 Å². The van der Waals surface area contributed by atoms with Gasteiger partial charge in [-0.25, -0.2) is 4.68 Å². The largest absolute Gasteiger partial charge is 0.494 e. The van der Waals surface area contributed by atoms with Gasteiger partial charge in [-0.2, -0.15) is 5.10 Å². The van der Waals surface area contributed by atoms with Gasteiger partial charge < -0.3 is 10.1 Å². The number of rotatable bonds is 7. The molecule has 0 aliphatic heterocycles. The number of ether oxygens (including phenoxy) is 1. The van der Waals surface area contributed by atoms with Gasteiger partial charge in [-0.3, -0.25) is 9.59 Å². The molecule has 150 valence electrons. The van der Waals surface area contributed by atoms with Crippen LogP contribution in [0, 0.1) is 0 Å². The van der Waals surface area contributed by atoms with Crippen molar-refractivity contribution in [1.82, 2.24) is 15.1 Å². The molecule has 6 nitrogen and oxygen atoms in total. The Bertz CT molecular complexity index is 1010. The van der Waals surface area contributed by atoms with E-state index < -0.39 is 6.04 Å². The molecule has 1 heterocycles. The third-order valence-electron chi connectivity index (χ3n) is 4.69. The number of benzene rings is 2. The van der Waals surface area contributed by atoms with Gasteiger partial charge in [0.2, 0.25) is 5.91 Å². The highest BCUT2D eigenvalue weighted by molar-refractivity contribution is 5.80. The van der Waals surface area contributed by atoms with Gasteiger partial charge in [-0.1, -0.05) is 30.3 Å². The average molecular weight is 391 g/mol. The fraction of sp³-hybridized carbons (Fsp3) is 0.261. The SMILES string of the molecule is CCOc1ccc(-c2ccc(=O)n(C(C)C(=O)NC(C)c3ccccc3)n2)cc1. The minimum absolute atomic E-state index is 0.170. The summed E-state index contributed by atoms with van der Waals surface area (Å²) in [5.74, 6) is 0.506. The lowest BCUT2D eigenvalue weighted by molar-refractivity contribution is -0.124. The lowest BCUT2D eigenvalue weighted by atomic mass is 10.1. The van der Waals surface area contributed by atoms with Gasteiger partial charge in [0.15, 0.2) is 0 Å². The molecule has 0 bridgehead atoms. The maximum absolute atomic E-state index is 12.7. The molecule has 0 saturated heterocycles. The lowest BCUT2D eigenvalue weighted by Crippen LogP contribution is -2.38. The molecule has 1 amide bonds. The summed E-state index contributed by atoms with van der Waals surface area (Å²) in [6.45, 7) is 6.10. The van der Waals surface area contributed by atoms with E-state index in [1.54, 1.807) is 13.0 Å². The second kappa shape index (κ2) is 9.19. The molecule has 2 aromatic carbocycles. The van der Waals surface area contributed by atoms with E-state index in [1.165, 1.54) is 10.7 Å². The van der Waals surface area contributed by atoms with Gasteiger partial charge in [-0.05, 0) is 56.7 Å². The number of nitrogens with zero attached hydrogens (tertiary/aromatic N) is 2. The van der Waals surface area contributed by atoms with Crippen molar-refractivity contribution < 1.29 is 9.53 Å². The van der Waals surface area contributed by atoms with Crippen molar-refractivity contribution in [3.8, 4) is 17.0 Å². The molecule has 1 aromatic heterocycles. The Morgan fingerprint density at radius 3 is 2.38 bits per heavy atom. The monoisotopic (exact) mass is 391 g/mol. The van der Waals surface area contributed by atoms with Crippen molar-refractivity contribution in [2.24, 2.45) is 0 Å².